The molecule has 35 heavy (non-hydrogen) atoms. The van der Waals surface area contributed by atoms with E-state index in [9.17, 15) is 9.59 Å². The van der Waals surface area contributed by atoms with E-state index in [0.717, 1.165) is 29.2 Å². The van der Waals surface area contributed by atoms with Crippen molar-refractivity contribution in [2.24, 2.45) is 5.10 Å². The summed E-state index contributed by atoms with van der Waals surface area (Å²) in [5, 5.41) is 11.4. The highest BCUT2D eigenvalue weighted by Gasteiger charge is 2.35. The van der Waals surface area contributed by atoms with Crippen LogP contribution in [-0.4, -0.2) is 83.9 Å². The average Bonchev–Trinajstić information content (AvgIpc) is 3.52. The first kappa shape index (κ1) is 25.3. The Kier molecular flexibility index (Phi) is 8.20. The van der Waals surface area contributed by atoms with Crippen LogP contribution in [0.3, 0.4) is 0 Å². The van der Waals surface area contributed by atoms with E-state index in [-0.39, 0.29) is 24.5 Å². The zero-order valence-corrected chi connectivity index (χ0v) is 21.6. The fraction of sp³-hybridized carbons (Fsp3) is 0.500. The Hall–Kier alpha value is -2.75. The number of carbonyl (C=O) groups excluding carboxylic acids is 2. The van der Waals surface area contributed by atoms with Gasteiger partial charge in [0, 0.05) is 38.1 Å². The number of nitrogens with one attached hydrogen (secondary N) is 1. The highest BCUT2D eigenvalue weighted by molar-refractivity contribution is 7.12. The number of hydrazone groups is 1. The summed E-state index contributed by atoms with van der Waals surface area (Å²) in [7, 11) is 0. The van der Waals surface area contributed by atoms with Gasteiger partial charge in [-0.05, 0) is 37.8 Å². The van der Waals surface area contributed by atoms with Crippen LogP contribution in [0.2, 0.25) is 0 Å². The molecule has 1 unspecified atom stereocenters. The van der Waals surface area contributed by atoms with Crippen LogP contribution in [0.15, 0.2) is 52.9 Å². The van der Waals surface area contributed by atoms with E-state index in [1.807, 2.05) is 68.6 Å². The predicted octanol–water partition coefficient (Wildman–Crippen LogP) is 3.57. The van der Waals surface area contributed by atoms with E-state index in [4.69, 9.17) is 9.84 Å². The molecule has 3 heterocycles. The Bertz CT molecular complexity index is 1010. The van der Waals surface area contributed by atoms with Crippen molar-refractivity contribution < 1.29 is 14.3 Å². The van der Waals surface area contributed by atoms with Gasteiger partial charge in [0.05, 0.1) is 29.8 Å². The average molecular weight is 498 g/mol. The lowest BCUT2D eigenvalue weighted by molar-refractivity contribution is -0.133. The zero-order chi connectivity index (χ0) is 24.8. The summed E-state index contributed by atoms with van der Waals surface area (Å²) in [6, 6.07) is 13.6. The lowest BCUT2D eigenvalue weighted by Gasteiger charge is -2.32. The molecule has 1 aromatic carbocycles. The van der Waals surface area contributed by atoms with E-state index in [0.29, 0.717) is 32.7 Å². The summed E-state index contributed by atoms with van der Waals surface area (Å²) < 4.78 is 5.44. The Morgan fingerprint density at radius 1 is 1.14 bits per heavy atom. The van der Waals surface area contributed by atoms with Crippen molar-refractivity contribution in [2.45, 2.75) is 38.8 Å². The third kappa shape index (κ3) is 6.90. The minimum absolute atomic E-state index is 0.0309. The maximum Gasteiger partial charge on any atom is 0.318 e. The maximum atomic E-state index is 13.6. The summed E-state index contributed by atoms with van der Waals surface area (Å²) in [6.45, 7) is 10.00. The maximum absolute atomic E-state index is 13.6. The Morgan fingerprint density at radius 2 is 1.89 bits per heavy atom. The second-order valence-corrected chi connectivity index (χ2v) is 10.9. The number of ether oxygens (including phenoxy) is 1. The number of morpholine rings is 1. The fourth-order valence-electron chi connectivity index (χ4n) is 4.24. The van der Waals surface area contributed by atoms with Gasteiger partial charge in [-0.2, -0.15) is 5.10 Å². The number of urea groups is 1. The molecule has 2 aliphatic heterocycles. The number of hydrogen-bond acceptors (Lipinski definition) is 6. The van der Waals surface area contributed by atoms with Gasteiger partial charge >= 0.3 is 6.03 Å². The van der Waals surface area contributed by atoms with Crippen LogP contribution in [0.1, 0.15) is 43.7 Å². The molecule has 1 saturated heterocycles. The van der Waals surface area contributed by atoms with Gasteiger partial charge in [-0.1, -0.05) is 36.4 Å². The minimum Gasteiger partial charge on any atom is -0.379 e. The molecule has 1 aromatic heterocycles. The van der Waals surface area contributed by atoms with Crippen LogP contribution >= 0.6 is 11.3 Å². The molecule has 0 radical (unpaired) electrons. The highest BCUT2D eigenvalue weighted by Crippen LogP contribution is 2.33. The summed E-state index contributed by atoms with van der Waals surface area (Å²) in [5.41, 5.74) is 1.54. The quantitative estimate of drug-likeness (QED) is 0.635. The first-order chi connectivity index (χ1) is 16.8. The fourth-order valence-corrected chi connectivity index (χ4v) is 4.96. The molecule has 9 heteroatoms. The molecular formula is C26H35N5O3S. The Balaban J connectivity index is 1.52. The molecule has 0 spiro atoms. The largest absolute Gasteiger partial charge is 0.379 e. The van der Waals surface area contributed by atoms with Crippen LogP contribution in [-0.2, 0) is 9.53 Å². The monoisotopic (exact) mass is 497 g/mol. The van der Waals surface area contributed by atoms with Gasteiger partial charge < -0.3 is 15.0 Å². The molecule has 2 aliphatic rings. The third-order valence-corrected chi connectivity index (χ3v) is 6.96. The second-order valence-electron chi connectivity index (χ2n) is 9.95. The lowest BCUT2D eigenvalue weighted by Crippen LogP contribution is -2.53. The molecule has 0 saturated carbocycles. The van der Waals surface area contributed by atoms with E-state index in [1.165, 1.54) is 0 Å². The van der Waals surface area contributed by atoms with Gasteiger partial charge in [0.15, 0.2) is 0 Å². The van der Waals surface area contributed by atoms with Crippen molar-refractivity contribution in [1.82, 2.24) is 20.1 Å². The van der Waals surface area contributed by atoms with Crippen molar-refractivity contribution >= 4 is 29.0 Å². The van der Waals surface area contributed by atoms with E-state index in [2.05, 4.69) is 10.2 Å². The van der Waals surface area contributed by atoms with Gasteiger partial charge in [0.1, 0.15) is 6.54 Å². The molecular weight excluding hydrogens is 462 g/mol. The highest BCUT2D eigenvalue weighted by atomic mass is 32.1. The number of hydrogen-bond donors (Lipinski definition) is 1. The number of amides is 3. The first-order valence-electron chi connectivity index (χ1n) is 12.2. The van der Waals surface area contributed by atoms with Gasteiger partial charge in [0.2, 0.25) is 0 Å². The van der Waals surface area contributed by atoms with Crippen LogP contribution in [0.25, 0.3) is 0 Å². The van der Waals surface area contributed by atoms with Crippen molar-refractivity contribution in [3.05, 3.63) is 58.3 Å². The van der Waals surface area contributed by atoms with Gasteiger partial charge in [-0.15, -0.1) is 11.3 Å². The molecule has 0 aliphatic carbocycles. The van der Waals surface area contributed by atoms with Crippen molar-refractivity contribution in [3.8, 4) is 0 Å². The third-order valence-electron chi connectivity index (χ3n) is 6.04. The number of nitrogens with zero attached hydrogens (tertiary/aromatic N) is 4. The van der Waals surface area contributed by atoms with E-state index in [1.54, 1.807) is 21.2 Å². The minimum atomic E-state index is -0.401. The van der Waals surface area contributed by atoms with Gasteiger partial charge in [-0.25, -0.2) is 9.80 Å². The normalized spacial score (nSPS) is 18.9. The van der Waals surface area contributed by atoms with Crippen molar-refractivity contribution in [2.75, 3.05) is 45.9 Å². The number of rotatable bonds is 7. The van der Waals surface area contributed by atoms with Crippen LogP contribution in [0, 0.1) is 0 Å². The Morgan fingerprint density at radius 3 is 2.54 bits per heavy atom. The molecule has 1 fully saturated rings. The van der Waals surface area contributed by atoms with Crippen molar-refractivity contribution in [3.63, 3.8) is 0 Å². The van der Waals surface area contributed by atoms with Crippen molar-refractivity contribution in [1.29, 1.82) is 0 Å². The lowest BCUT2D eigenvalue weighted by atomic mass is 10.0. The predicted molar refractivity (Wildman–Crippen MR) is 139 cm³/mol. The summed E-state index contributed by atoms with van der Waals surface area (Å²) in [4.78, 5) is 31.7. The molecule has 2 aromatic rings. The number of benzene rings is 1. The van der Waals surface area contributed by atoms with Crippen LogP contribution in [0.4, 0.5) is 4.79 Å². The molecule has 8 nitrogen and oxygen atoms in total. The SMILES string of the molecule is CC(C)(C)NC(=O)N(CCN1CCOCC1)CC(=O)N1N=C(c2cccs2)CC1c1ccccc1. The van der Waals surface area contributed by atoms with E-state index < -0.39 is 5.54 Å². The smallest absolute Gasteiger partial charge is 0.318 e. The molecule has 188 valence electrons. The molecule has 1 atom stereocenters. The standard InChI is InChI=1S/C26H35N5O3S/c1-26(2,3)27-25(33)30(12-11-29-13-15-34-16-14-29)19-24(32)31-22(20-8-5-4-6-9-20)18-21(28-31)23-10-7-17-35-23/h4-10,17,22H,11-16,18-19H2,1-3H3,(H,27,33). The molecule has 4 rings (SSSR count). The molecule has 3 amide bonds. The molecule has 0 bridgehead atoms. The van der Waals surface area contributed by atoms with Gasteiger partial charge in [-0.3, -0.25) is 9.69 Å². The Labute approximate surface area is 211 Å². The summed E-state index contributed by atoms with van der Waals surface area (Å²) >= 11 is 1.62. The van der Waals surface area contributed by atoms with Crippen LogP contribution in [0.5, 0.6) is 0 Å². The first-order valence-corrected chi connectivity index (χ1v) is 13.0. The second kappa shape index (κ2) is 11.3. The number of thiophene rings is 1. The number of carbonyl (C=O) groups is 2. The topological polar surface area (TPSA) is 77.5 Å². The van der Waals surface area contributed by atoms with Gasteiger partial charge in [0.25, 0.3) is 5.91 Å². The summed E-state index contributed by atoms with van der Waals surface area (Å²) in [5.74, 6) is -0.184. The zero-order valence-electron chi connectivity index (χ0n) is 20.8. The van der Waals surface area contributed by atoms with E-state index >= 15 is 0 Å². The molecule has 1 N–H and O–H groups in total. The van der Waals surface area contributed by atoms with Crippen LogP contribution < -0.4 is 5.32 Å². The summed E-state index contributed by atoms with van der Waals surface area (Å²) in [6.07, 6.45) is 0.651.